The number of fused-ring (bicyclic) bond motifs is 1. The molecule has 0 saturated heterocycles. The number of hydrazone groups is 1. The van der Waals surface area contributed by atoms with Crippen LogP contribution < -0.4 is 5.32 Å². The van der Waals surface area contributed by atoms with Gasteiger partial charge in [-0.25, -0.2) is 9.99 Å². The topological polar surface area (TPSA) is 103 Å². The van der Waals surface area contributed by atoms with Gasteiger partial charge in [-0.1, -0.05) is 30.3 Å². The monoisotopic (exact) mass is 376 g/mol. The van der Waals surface area contributed by atoms with Crippen molar-refractivity contribution in [1.29, 1.82) is 0 Å². The molecule has 2 N–H and O–H groups in total. The first-order valence-corrected chi connectivity index (χ1v) is 9.14. The number of aromatic amines is 1. The van der Waals surface area contributed by atoms with Crippen molar-refractivity contribution in [2.24, 2.45) is 5.10 Å². The lowest BCUT2D eigenvalue weighted by atomic mass is 10.1. The molecule has 0 bridgehead atoms. The van der Waals surface area contributed by atoms with E-state index in [0.717, 1.165) is 28.8 Å². The van der Waals surface area contributed by atoms with Crippen molar-refractivity contribution >= 4 is 34.2 Å². The predicted molar refractivity (Wildman–Crippen MR) is 106 cm³/mol. The molecule has 0 spiro atoms. The van der Waals surface area contributed by atoms with Gasteiger partial charge in [0.15, 0.2) is 5.65 Å². The Kier molecular flexibility index (Phi) is 4.84. The van der Waals surface area contributed by atoms with Crippen LogP contribution in [0.15, 0.2) is 47.7 Å². The average molecular weight is 376 g/mol. The number of hydrogen-bond acceptors (Lipinski definition) is 5. The van der Waals surface area contributed by atoms with E-state index in [2.05, 4.69) is 25.6 Å². The first-order valence-electron chi connectivity index (χ1n) is 9.14. The summed E-state index contributed by atoms with van der Waals surface area (Å²) in [4.78, 5) is 28.8. The normalized spacial score (nSPS) is 13.6. The van der Waals surface area contributed by atoms with Crippen LogP contribution >= 0.6 is 0 Å². The largest absolute Gasteiger partial charge is 0.325 e. The minimum absolute atomic E-state index is 0.0912. The smallest absolute Gasteiger partial charge is 0.243 e. The van der Waals surface area contributed by atoms with Gasteiger partial charge in [-0.3, -0.25) is 14.7 Å². The highest BCUT2D eigenvalue weighted by Gasteiger charge is 2.22. The number of H-pyrrole nitrogens is 1. The SMILES string of the molecule is Cc1[nH]nc2ncc(NC(=O)CCC(=O)N3CCC(c4ccccc4)=N3)cc12. The third-order valence-electron chi connectivity index (χ3n) is 4.65. The summed E-state index contributed by atoms with van der Waals surface area (Å²) in [5.41, 5.74) is 3.99. The molecule has 0 aliphatic carbocycles. The second-order valence-corrected chi connectivity index (χ2v) is 6.67. The Morgan fingerprint density at radius 2 is 2.04 bits per heavy atom. The number of benzene rings is 1. The molecule has 0 unspecified atom stereocenters. The number of carbonyl (C=O) groups is 2. The van der Waals surface area contributed by atoms with Crippen molar-refractivity contribution in [3.8, 4) is 0 Å². The number of nitrogens with one attached hydrogen (secondary N) is 2. The molecule has 0 saturated carbocycles. The molecule has 1 aromatic carbocycles. The van der Waals surface area contributed by atoms with E-state index < -0.39 is 0 Å². The Balaban J connectivity index is 1.32. The Bertz CT molecular complexity index is 1060. The summed E-state index contributed by atoms with van der Waals surface area (Å²) < 4.78 is 0. The fourth-order valence-corrected chi connectivity index (χ4v) is 3.13. The fourth-order valence-electron chi connectivity index (χ4n) is 3.13. The van der Waals surface area contributed by atoms with Gasteiger partial charge in [-0.2, -0.15) is 10.2 Å². The van der Waals surface area contributed by atoms with E-state index in [1.807, 2.05) is 43.3 Å². The molecule has 3 aromatic rings. The number of carbonyl (C=O) groups excluding carboxylic acids is 2. The molecule has 28 heavy (non-hydrogen) atoms. The van der Waals surface area contributed by atoms with Crippen LogP contribution in [0.4, 0.5) is 5.69 Å². The predicted octanol–water partition coefficient (Wildman–Crippen LogP) is 2.62. The van der Waals surface area contributed by atoms with Gasteiger partial charge in [0.05, 0.1) is 24.1 Å². The molecule has 0 fully saturated rings. The van der Waals surface area contributed by atoms with Gasteiger partial charge in [0.25, 0.3) is 0 Å². The maximum absolute atomic E-state index is 12.4. The Morgan fingerprint density at radius 1 is 1.21 bits per heavy atom. The first-order chi connectivity index (χ1) is 13.6. The lowest BCUT2D eigenvalue weighted by Crippen LogP contribution is -2.25. The van der Waals surface area contributed by atoms with Crippen molar-refractivity contribution in [2.75, 3.05) is 11.9 Å². The summed E-state index contributed by atoms with van der Waals surface area (Å²) in [5.74, 6) is -0.387. The average Bonchev–Trinajstić information content (AvgIpc) is 3.35. The first kappa shape index (κ1) is 17.8. The molecule has 8 nitrogen and oxygen atoms in total. The number of rotatable bonds is 5. The summed E-state index contributed by atoms with van der Waals surface area (Å²) in [6, 6.07) is 11.6. The highest BCUT2D eigenvalue weighted by Crippen LogP contribution is 2.18. The van der Waals surface area contributed by atoms with Crippen molar-refractivity contribution in [1.82, 2.24) is 20.2 Å². The van der Waals surface area contributed by atoms with E-state index in [1.165, 1.54) is 5.01 Å². The van der Waals surface area contributed by atoms with Crippen LogP contribution in [-0.2, 0) is 9.59 Å². The summed E-state index contributed by atoms with van der Waals surface area (Å²) in [6.07, 6.45) is 2.47. The number of anilines is 1. The molecule has 2 aromatic heterocycles. The van der Waals surface area contributed by atoms with Gasteiger partial charge in [-0.05, 0) is 18.6 Å². The molecule has 3 heterocycles. The van der Waals surface area contributed by atoms with Crippen LogP contribution in [0.1, 0.15) is 30.5 Å². The van der Waals surface area contributed by atoms with Crippen LogP contribution in [0.3, 0.4) is 0 Å². The lowest BCUT2D eigenvalue weighted by molar-refractivity contribution is -0.132. The maximum atomic E-state index is 12.4. The second kappa shape index (κ2) is 7.59. The van der Waals surface area contributed by atoms with Crippen LogP contribution in [0.2, 0.25) is 0 Å². The molecular weight excluding hydrogens is 356 g/mol. The van der Waals surface area contributed by atoms with Gasteiger partial charge < -0.3 is 5.32 Å². The van der Waals surface area contributed by atoms with Crippen LogP contribution in [0, 0.1) is 6.92 Å². The number of nitrogens with zero attached hydrogens (tertiary/aromatic N) is 4. The molecule has 2 amide bonds. The quantitative estimate of drug-likeness (QED) is 0.714. The maximum Gasteiger partial charge on any atom is 0.243 e. The highest BCUT2D eigenvalue weighted by molar-refractivity contribution is 6.03. The number of aromatic nitrogens is 3. The van der Waals surface area contributed by atoms with Gasteiger partial charge in [0.2, 0.25) is 11.8 Å². The summed E-state index contributed by atoms with van der Waals surface area (Å²) >= 11 is 0. The molecule has 1 aliphatic heterocycles. The number of pyridine rings is 1. The molecule has 4 rings (SSSR count). The fraction of sp³-hybridized carbons (Fsp3) is 0.250. The minimum Gasteiger partial charge on any atom is -0.325 e. The molecule has 142 valence electrons. The Morgan fingerprint density at radius 3 is 2.86 bits per heavy atom. The van der Waals surface area contributed by atoms with E-state index in [1.54, 1.807) is 6.20 Å². The molecule has 8 heteroatoms. The Labute approximate surface area is 161 Å². The third kappa shape index (κ3) is 3.75. The molecule has 1 aliphatic rings. The van der Waals surface area contributed by atoms with Gasteiger partial charge in [-0.15, -0.1) is 0 Å². The Hall–Kier alpha value is -3.55. The summed E-state index contributed by atoms with van der Waals surface area (Å²) in [7, 11) is 0. The lowest BCUT2D eigenvalue weighted by Gasteiger charge is -2.11. The number of hydrogen-bond donors (Lipinski definition) is 2. The zero-order valence-corrected chi connectivity index (χ0v) is 15.5. The molecule has 0 atom stereocenters. The minimum atomic E-state index is -0.234. The van der Waals surface area contributed by atoms with Crippen molar-refractivity contribution < 1.29 is 9.59 Å². The van der Waals surface area contributed by atoms with E-state index in [-0.39, 0.29) is 24.7 Å². The third-order valence-corrected chi connectivity index (χ3v) is 4.65. The summed E-state index contributed by atoms with van der Waals surface area (Å²) in [6.45, 7) is 2.44. The zero-order valence-electron chi connectivity index (χ0n) is 15.5. The van der Waals surface area contributed by atoms with Gasteiger partial charge in [0, 0.05) is 30.3 Å². The van der Waals surface area contributed by atoms with Gasteiger partial charge in [0.1, 0.15) is 0 Å². The molecule has 0 radical (unpaired) electrons. The van der Waals surface area contributed by atoms with E-state index in [0.29, 0.717) is 17.9 Å². The van der Waals surface area contributed by atoms with Gasteiger partial charge >= 0.3 is 0 Å². The van der Waals surface area contributed by atoms with Crippen LogP contribution in [0.5, 0.6) is 0 Å². The molecular formula is C20H20N6O2. The zero-order chi connectivity index (χ0) is 19.5. The van der Waals surface area contributed by atoms with Crippen molar-refractivity contribution in [2.45, 2.75) is 26.2 Å². The van der Waals surface area contributed by atoms with E-state index in [4.69, 9.17) is 0 Å². The van der Waals surface area contributed by atoms with E-state index >= 15 is 0 Å². The summed E-state index contributed by atoms with van der Waals surface area (Å²) in [5, 5.41) is 16.4. The van der Waals surface area contributed by atoms with E-state index in [9.17, 15) is 9.59 Å². The number of aryl methyl sites for hydroxylation is 1. The second-order valence-electron chi connectivity index (χ2n) is 6.67. The standard InChI is InChI=1S/C20H20N6O2/c1-13-16-11-15(12-21-20(16)24-23-13)22-18(27)7-8-19(28)26-10-9-17(25-26)14-5-3-2-4-6-14/h2-6,11-12H,7-10H2,1H3,(H,22,27)(H,21,23,24). The van der Waals surface area contributed by atoms with Crippen molar-refractivity contribution in [3.63, 3.8) is 0 Å². The highest BCUT2D eigenvalue weighted by atomic mass is 16.2. The van der Waals surface area contributed by atoms with Crippen molar-refractivity contribution in [3.05, 3.63) is 53.9 Å². The number of amides is 2. The van der Waals surface area contributed by atoms with Crippen LogP contribution in [0.25, 0.3) is 11.0 Å². The van der Waals surface area contributed by atoms with Crippen LogP contribution in [-0.4, -0.2) is 44.3 Å².